The molecule has 0 aliphatic heterocycles. The molecule has 4 aromatic carbocycles. The van der Waals surface area contributed by atoms with E-state index in [0.717, 1.165) is 22.3 Å². The zero-order valence-corrected chi connectivity index (χ0v) is 28.4. The summed E-state index contributed by atoms with van der Waals surface area (Å²) in [4.78, 5) is 49.0. The van der Waals surface area contributed by atoms with Crippen molar-refractivity contribution < 1.29 is 23.9 Å². The molecular weight excluding hydrogens is 630 g/mol. The van der Waals surface area contributed by atoms with Crippen molar-refractivity contribution in [1.29, 1.82) is 0 Å². The molecule has 0 saturated carbocycles. The van der Waals surface area contributed by atoms with Gasteiger partial charge in [-0.2, -0.15) is 0 Å². The third-order valence-electron chi connectivity index (χ3n) is 8.33. The molecule has 5 rings (SSSR count). The molecule has 0 radical (unpaired) electrons. The number of nitrogens with one attached hydrogen (secondary N) is 3. The van der Waals surface area contributed by atoms with Crippen molar-refractivity contribution in [2.45, 2.75) is 44.9 Å². The minimum Gasteiger partial charge on any atom is -0.489 e. The Labute approximate surface area is 292 Å². The molecule has 0 fully saturated rings. The van der Waals surface area contributed by atoms with E-state index in [4.69, 9.17) is 9.47 Å². The lowest BCUT2D eigenvalue weighted by Crippen LogP contribution is -2.46. The summed E-state index contributed by atoms with van der Waals surface area (Å²) in [6, 6.07) is 36.6. The number of hydrogen-bond acceptors (Lipinski definition) is 6. The number of H-pyrrole nitrogens is 1. The lowest BCUT2D eigenvalue weighted by Gasteiger charge is -2.29. The summed E-state index contributed by atoms with van der Waals surface area (Å²) in [5, 5.41) is 5.75. The van der Waals surface area contributed by atoms with Gasteiger partial charge in [0, 0.05) is 36.9 Å². The van der Waals surface area contributed by atoms with E-state index >= 15 is 0 Å². The van der Waals surface area contributed by atoms with Gasteiger partial charge in [0.1, 0.15) is 19.0 Å². The summed E-state index contributed by atoms with van der Waals surface area (Å²) in [5.74, 6) is -0.836. The second-order valence-electron chi connectivity index (χ2n) is 12.6. The summed E-state index contributed by atoms with van der Waals surface area (Å²) < 4.78 is 11.3. The van der Waals surface area contributed by atoms with Crippen LogP contribution in [0.1, 0.15) is 47.7 Å². The molecule has 0 aliphatic rings. The van der Waals surface area contributed by atoms with Crippen LogP contribution >= 0.6 is 0 Å². The molecule has 0 bridgehead atoms. The van der Waals surface area contributed by atoms with Crippen molar-refractivity contribution in [3.63, 3.8) is 0 Å². The number of hydrogen-bond donors (Lipinski definition) is 3. The van der Waals surface area contributed by atoms with Crippen LogP contribution in [0.4, 0.5) is 4.79 Å². The maximum absolute atomic E-state index is 14.3. The van der Waals surface area contributed by atoms with Crippen molar-refractivity contribution in [1.82, 2.24) is 25.5 Å². The monoisotopic (exact) mass is 673 g/mol. The molecule has 50 heavy (non-hydrogen) atoms. The number of amides is 3. The summed E-state index contributed by atoms with van der Waals surface area (Å²) in [6.07, 6.45) is 2.35. The number of aromatic amines is 1. The number of benzene rings is 4. The molecular formula is C40H43N5O5. The van der Waals surface area contributed by atoms with Crippen LogP contribution in [-0.2, 0) is 39.5 Å². The maximum atomic E-state index is 14.3. The van der Waals surface area contributed by atoms with Crippen LogP contribution < -0.4 is 15.4 Å². The third-order valence-corrected chi connectivity index (χ3v) is 8.33. The van der Waals surface area contributed by atoms with Crippen LogP contribution in [0.2, 0.25) is 0 Å². The standard InChI is InChI=1S/C40H43N5O5/c1-40(2,33-16-10-5-11-17-33)28-43-37(46)25-45(24-30-18-20-34(21-19-30)49-26-31-12-6-3-7-13-31)38(47)35(36-23-41-29-44-36)22-42-39(48)50-27-32-14-8-4-9-15-32/h3-21,23,29,35H,22,24-28H2,1-2H3,(H,41,44)(H,42,48)(H,43,46)/t35-/m0/s1. The van der Waals surface area contributed by atoms with Gasteiger partial charge < -0.3 is 30.0 Å². The Kier molecular flexibility index (Phi) is 12.4. The van der Waals surface area contributed by atoms with Crippen LogP contribution in [0.5, 0.6) is 5.75 Å². The molecule has 0 spiro atoms. The van der Waals surface area contributed by atoms with Gasteiger partial charge in [-0.15, -0.1) is 0 Å². The molecule has 10 nitrogen and oxygen atoms in total. The number of rotatable bonds is 16. The van der Waals surface area contributed by atoms with Crippen LogP contribution in [0.3, 0.4) is 0 Å². The van der Waals surface area contributed by atoms with E-state index in [1.807, 2.05) is 115 Å². The van der Waals surface area contributed by atoms with Crippen molar-refractivity contribution in [3.8, 4) is 5.75 Å². The third kappa shape index (κ3) is 10.6. The molecule has 5 aromatic rings. The fourth-order valence-corrected chi connectivity index (χ4v) is 5.37. The topological polar surface area (TPSA) is 126 Å². The lowest BCUT2D eigenvalue weighted by molar-refractivity contribution is -0.138. The highest BCUT2D eigenvalue weighted by Crippen LogP contribution is 2.23. The number of carbonyl (C=O) groups excluding carboxylic acids is 3. The fourth-order valence-electron chi connectivity index (χ4n) is 5.37. The van der Waals surface area contributed by atoms with Gasteiger partial charge in [0.15, 0.2) is 0 Å². The first-order chi connectivity index (χ1) is 24.3. The van der Waals surface area contributed by atoms with E-state index in [9.17, 15) is 14.4 Å². The van der Waals surface area contributed by atoms with Gasteiger partial charge in [-0.1, -0.05) is 117 Å². The molecule has 1 aromatic heterocycles. The summed E-state index contributed by atoms with van der Waals surface area (Å²) in [5.41, 5.74) is 3.96. The fraction of sp³-hybridized carbons (Fsp3) is 0.250. The minimum atomic E-state index is -0.858. The number of ether oxygens (including phenoxy) is 2. The molecule has 1 atom stereocenters. The number of nitrogens with zero attached hydrogens (tertiary/aromatic N) is 2. The van der Waals surface area contributed by atoms with Crippen LogP contribution in [-0.4, -0.2) is 52.4 Å². The molecule has 3 N–H and O–H groups in total. The zero-order valence-electron chi connectivity index (χ0n) is 28.4. The Balaban J connectivity index is 1.29. The molecule has 0 unspecified atom stereocenters. The number of carbonyl (C=O) groups is 3. The van der Waals surface area contributed by atoms with Gasteiger partial charge in [0.2, 0.25) is 11.8 Å². The molecule has 1 heterocycles. The van der Waals surface area contributed by atoms with Crippen LogP contribution in [0.15, 0.2) is 128 Å². The van der Waals surface area contributed by atoms with E-state index in [-0.39, 0.29) is 43.5 Å². The van der Waals surface area contributed by atoms with E-state index < -0.39 is 12.0 Å². The number of aromatic nitrogens is 2. The SMILES string of the molecule is CC(C)(CNC(=O)CN(Cc1ccc(OCc2ccccc2)cc1)C(=O)[C@@H](CNC(=O)OCc1ccccc1)c1cnc[nH]1)c1ccccc1. The first-order valence-corrected chi connectivity index (χ1v) is 16.6. The Morgan fingerprint density at radius 3 is 2.02 bits per heavy atom. The van der Waals surface area contributed by atoms with Crippen LogP contribution in [0, 0.1) is 0 Å². The van der Waals surface area contributed by atoms with E-state index in [0.29, 0.717) is 24.6 Å². The lowest BCUT2D eigenvalue weighted by atomic mass is 9.84. The van der Waals surface area contributed by atoms with Gasteiger partial charge in [0.05, 0.1) is 18.8 Å². The van der Waals surface area contributed by atoms with E-state index in [2.05, 4.69) is 34.4 Å². The number of imidazole rings is 1. The second-order valence-corrected chi connectivity index (χ2v) is 12.6. The quantitative estimate of drug-likeness (QED) is 0.116. The summed E-state index contributed by atoms with van der Waals surface area (Å²) >= 11 is 0. The Bertz CT molecular complexity index is 1780. The average molecular weight is 674 g/mol. The van der Waals surface area contributed by atoms with Gasteiger partial charge in [-0.25, -0.2) is 9.78 Å². The summed E-state index contributed by atoms with van der Waals surface area (Å²) in [6.45, 7) is 4.90. The number of alkyl carbamates (subject to hydrolysis) is 1. The van der Waals surface area contributed by atoms with Crippen molar-refractivity contribution in [2.75, 3.05) is 19.6 Å². The molecule has 10 heteroatoms. The maximum Gasteiger partial charge on any atom is 0.407 e. The normalized spacial score (nSPS) is 11.6. The summed E-state index contributed by atoms with van der Waals surface area (Å²) in [7, 11) is 0. The average Bonchev–Trinajstić information content (AvgIpc) is 3.69. The van der Waals surface area contributed by atoms with Crippen molar-refractivity contribution in [2.24, 2.45) is 0 Å². The molecule has 258 valence electrons. The Hall–Kier alpha value is -5.90. The Morgan fingerprint density at radius 2 is 1.40 bits per heavy atom. The van der Waals surface area contributed by atoms with Gasteiger partial charge in [-0.3, -0.25) is 9.59 Å². The first kappa shape index (κ1) is 35.4. The van der Waals surface area contributed by atoms with Gasteiger partial charge >= 0.3 is 6.09 Å². The van der Waals surface area contributed by atoms with Gasteiger partial charge in [-0.05, 0) is 34.4 Å². The molecule has 3 amide bonds. The predicted octanol–water partition coefficient (Wildman–Crippen LogP) is 6.12. The predicted molar refractivity (Wildman–Crippen MR) is 191 cm³/mol. The van der Waals surface area contributed by atoms with Gasteiger partial charge in [0.25, 0.3) is 0 Å². The van der Waals surface area contributed by atoms with E-state index in [1.165, 1.54) is 11.2 Å². The Morgan fingerprint density at radius 1 is 0.780 bits per heavy atom. The largest absolute Gasteiger partial charge is 0.489 e. The highest BCUT2D eigenvalue weighted by Gasteiger charge is 2.30. The zero-order chi connectivity index (χ0) is 35.2. The minimum absolute atomic E-state index is 0.0694. The highest BCUT2D eigenvalue weighted by atomic mass is 16.5. The molecule has 0 saturated heterocycles. The second kappa shape index (κ2) is 17.5. The van der Waals surface area contributed by atoms with Crippen molar-refractivity contribution >= 4 is 17.9 Å². The highest BCUT2D eigenvalue weighted by molar-refractivity contribution is 5.89. The molecule has 0 aliphatic carbocycles. The van der Waals surface area contributed by atoms with Crippen LogP contribution in [0.25, 0.3) is 0 Å². The van der Waals surface area contributed by atoms with Crippen molar-refractivity contribution in [3.05, 3.63) is 156 Å². The smallest absolute Gasteiger partial charge is 0.407 e. The van der Waals surface area contributed by atoms with E-state index in [1.54, 1.807) is 6.20 Å². The first-order valence-electron chi connectivity index (χ1n) is 16.6.